The van der Waals surface area contributed by atoms with Gasteiger partial charge in [-0.3, -0.25) is 14.4 Å². The lowest BCUT2D eigenvalue weighted by Crippen LogP contribution is -2.55. The fourth-order valence-corrected chi connectivity index (χ4v) is 5.85. The van der Waals surface area contributed by atoms with E-state index in [1.807, 2.05) is 91.0 Å². The molecule has 0 aliphatic heterocycles. The van der Waals surface area contributed by atoms with Gasteiger partial charge in [0, 0.05) is 46.9 Å². The SMILES string of the molecule is COC[C@H](NC(=O)[C@H](C)N)C(=O)N(C)[C@H](CC(=O)OC(c1ccccc1)(c1ccccc1)c1ccccc1Cl)Cc1ccc(Cl)cc1. The van der Waals surface area contributed by atoms with Crippen molar-refractivity contribution in [1.82, 2.24) is 10.2 Å². The van der Waals surface area contributed by atoms with Gasteiger partial charge in [0.2, 0.25) is 11.8 Å². The number of nitrogens with one attached hydrogen (secondary N) is 1. The maximum atomic E-state index is 14.3. The largest absolute Gasteiger partial charge is 0.444 e. The van der Waals surface area contributed by atoms with Crippen LogP contribution in [0.25, 0.3) is 0 Å². The second-order valence-electron chi connectivity index (χ2n) is 11.3. The zero-order valence-electron chi connectivity index (χ0n) is 26.6. The Kier molecular flexibility index (Phi) is 12.6. The van der Waals surface area contributed by atoms with Crippen molar-refractivity contribution >= 4 is 41.0 Å². The summed E-state index contributed by atoms with van der Waals surface area (Å²) in [5.41, 5.74) is 7.18. The van der Waals surface area contributed by atoms with Crippen LogP contribution in [0.1, 0.15) is 35.6 Å². The number of methoxy groups -OCH3 is 1. The Bertz CT molecular complexity index is 1600. The van der Waals surface area contributed by atoms with E-state index in [9.17, 15) is 14.4 Å². The van der Waals surface area contributed by atoms with Crippen LogP contribution in [-0.4, -0.2) is 61.6 Å². The molecule has 4 rings (SSSR count). The highest BCUT2D eigenvalue weighted by Gasteiger charge is 2.43. The molecule has 0 fully saturated rings. The number of benzene rings is 4. The first-order chi connectivity index (χ1) is 22.6. The van der Waals surface area contributed by atoms with Gasteiger partial charge < -0.3 is 25.4 Å². The first-order valence-corrected chi connectivity index (χ1v) is 16.0. The molecular formula is C37H39Cl2N3O5. The number of rotatable bonds is 14. The smallest absolute Gasteiger partial charge is 0.309 e. The number of carbonyl (C=O) groups excluding carboxylic acids is 3. The molecule has 0 heterocycles. The summed E-state index contributed by atoms with van der Waals surface area (Å²) in [6, 6.07) is 30.7. The zero-order valence-corrected chi connectivity index (χ0v) is 28.1. The number of likely N-dealkylation sites (N-methyl/N-ethyl adjacent to an activating group) is 1. The average molecular weight is 677 g/mol. The van der Waals surface area contributed by atoms with Gasteiger partial charge in [-0.05, 0) is 37.1 Å². The van der Waals surface area contributed by atoms with Crippen molar-refractivity contribution in [2.24, 2.45) is 5.73 Å². The van der Waals surface area contributed by atoms with Gasteiger partial charge in [0.1, 0.15) is 6.04 Å². The van der Waals surface area contributed by atoms with Gasteiger partial charge in [-0.15, -0.1) is 0 Å². The number of esters is 1. The molecule has 10 heteroatoms. The van der Waals surface area contributed by atoms with Crippen LogP contribution < -0.4 is 11.1 Å². The minimum atomic E-state index is -1.41. The monoisotopic (exact) mass is 675 g/mol. The number of ether oxygens (including phenoxy) is 2. The highest BCUT2D eigenvalue weighted by Crippen LogP contribution is 2.43. The van der Waals surface area contributed by atoms with E-state index in [2.05, 4.69) is 5.32 Å². The van der Waals surface area contributed by atoms with E-state index in [0.29, 0.717) is 33.2 Å². The summed E-state index contributed by atoms with van der Waals surface area (Å²) >= 11 is 13.0. The molecule has 3 atom stereocenters. The number of nitrogens with zero attached hydrogens (tertiary/aromatic N) is 1. The van der Waals surface area contributed by atoms with E-state index in [1.54, 1.807) is 25.2 Å². The van der Waals surface area contributed by atoms with Crippen molar-refractivity contribution in [3.05, 3.63) is 141 Å². The Balaban J connectivity index is 1.76. The highest BCUT2D eigenvalue weighted by atomic mass is 35.5. The summed E-state index contributed by atoms with van der Waals surface area (Å²) in [6.45, 7) is 1.44. The number of carbonyl (C=O) groups is 3. The van der Waals surface area contributed by atoms with Crippen LogP contribution in [0, 0.1) is 0 Å². The standard InChI is InChI=1S/C37H39Cl2N3O5/c1-25(40)35(44)41-33(24-46-3)36(45)42(2)30(22-26-18-20-29(38)21-19-26)23-34(43)47-37(27-12-6-4-7-13-27,28-14-8-5-9-15-28)31-16-10-11-17-32(31)39/h4-21,25,30,33H,22-24,40H2,1-3H3,(H,41,44)/t25-,30-,33-/m0/s1. The van der Waals surface area contributed by atoms with Gasteiger partial charge in [-0.2, -0.15) is 0 Å². The lowest BCUT2D eigenvalue weighted by molar-refractivity contribution is -0.155. The van der Waals surface area contributed by atoms with Crippen LogP contribution in [0.3, 0.4) is 0 Å². The second-order valence-corrected chi connectivity index (χ2v) is 12.2. The molecule has 47 heavy (non-hydrogen) atoms. The summed E-state index contributed by atoms with van der Waals surface area (Å²) in [4.78, 5) is 42.1. The lowest BCUT2D eigenvalue weighted by Gasteiger charge is -2.37. The third-order valence-corrected chi connectivity index (χ3v) is 8.51. The minimum absolute atomic E-state index is 0.0859. The van der Waals surface area contributed by atoms with Crippen molar-refractivity contribution in [3.63, 3.8) is 0 Å². The molecule has 4 aromatic carbocycles. The van der Waals surface area contributed by atoms with Gasteiger partial charge in [0.25, 0.3) is 0 Å². The van der Waals surface area contributed by atoms with Crippen LogP contribution in [-0.2, 0) is 35.9 Å². The van der Waals surface area contributed by atoms with Crippen LogP contribution in [0.2, 0.25) is 10.0 Å². The first-order valence-electron chi connectivity index (χ1n) is 15.2. The average Bonchev–Trinajstić information content (AvgIpc) is 3.08. The van der Waals surface area contributed by atoms with E-state index >= 15 is 0 Å². The van der Waals surface area contributed by atoms with Crippen molar-refractivity contribution in [2.75, 3.05) is 20.8 Å². The molecule has 2 amide bonds. The quantitative estimate of drug-likeness (QED) is 0.130. The normalized spacial score (nSPS) is 13.2. The lowest BCUT2D eigenvalue weighted by atomic mass is 9.80. The Hall–Kier alpha value is -4.21. The fraction of sp³-hybridized carbons (Fsp3) is 0.270. The molecule has 0 radical (unpaired) electrons. The molecule has 0 spiro atoms. The third-order valence-electron chi connectivity index (χ3n) is 7.92. The Morgan fingerprint density at radius 3 is 1.94 bits per heavy atom. The van der Waals surface area contributed by atoms with Crippen molar-refractivity contribution < 1.29 is 23.9 Å². The maximum absolute atomic E-state index is 14.3. The van der Waals surface area contributed by atoms with Gasteiger partial charge >= 0.3 is 5.97 Å². The van der Waals surface area contributed by atoms with Gasteiger partial charge in [0.15, 0.2) is 5.60 Å². The molecule has 0 aliphatic rings. The summed E-state index contributed by atoms with van der Waals surface area (Å²) < 4.78 is 11.9. The summed E-state index contributed by atoms with van der Waals surface area (Å²) in [5, 5.41) is 3.64. The molecule has 0 bridgehead atoms. The van der Waals surface area contributed by atoms with Crippen LogP contribution in [0.15, 0.2) is 109 Å². The van der Waals surface area contributed by atoms with Crippen LogP contribution in [0.5, 0.6) is 0 Å². The van der Waals surface area contributed by atoms with E-state index < -0.39 is 41.5 Å². The highest BCUT2D eigenvalue weighted by molar-refractivity contribution is 6.31. The number of hydrogen-bond donors (Lipinski definition) is 2. The Morgan fingerprint density at radius 2 is 1.40 bits per heavy atom. The zero-order chi connectivity index (χ0) is 34.0. The van der Waals surface area contributed by atoms with E-state index in [4.69, 9.17) is 38.4 Å². The summed E-state index contributed by atoms with van der Waals surface area (Å²) in [6.07, 6.45) is 0.114. The van der Waals surface area contributed by atoms with Crippen molar-refractivity contribution in [3.8, 4) is 0 Å². The van der Waals surface area contributed by atoms with Crippen LogP contribution >= 0.6 is 23.2 Å². The van der Waals surface area contributed by atoms with Crippen molar-refractivity contribution in [2.45, 2.75) is 43.5 Å². The summed E-state index contributed by atoms with van der Waals surface area (Å²) in [7, 11) is 3.02. The van der Waals surface area contributed by atoms with Gasteiger partial charge in [-0.25, -0.2) is 0 Å². The number of hydrogen-bond acceptors (Lipinski definition) is 6. The molecular weight excluding hydrogens is 637 g/mol. The molecule has 0 saturated heterocycles. The molecule has 3 N–H and O–H groups in total. The summed E-state index contributed by atoms with van der Waals surface area (Å²) in [5.74, 6) is -1.52. The Morgan fingerprint density at radius 1 is 0.851 bits per heavy atom. The van der Waals surface area contributed by atoms with Gasteiger partial charge in [-0.1, -0.05) is 114 Å². The van der Waals surface area contributed by atoms with Crippen molar-refractivity contribution in [1.29, 1.82) is 0 Å². The van der Waals surface area contributed by atoms with E-state index in [1.165, 1.54) is 18.9 Å². The number of halogens is 2. The molecule has 8 nitrogen and oxygen atoms in total. The molecule has 246 valence electrons. The van der Waals surface area contributed by atoms with Crippen LogP contribution in [0.4, 0.5) is 0 Å². The fourth-order valence-electron chi connectivity index (χ4n) is 5.46. The Labute approximate surface area is 285 Å². The first kappa shape index (κ1) is 35.6. The van der Waals surface area contributed by atoms with E-state index in [-0.39, 0.29) is 13.0 Å². The molecule has 0 aliphatic carbocycles. The van der Waals surface area contributed by atoms with Gasteiger partial charge in [0.05, 0.1) is 19.1 Å². The molecule has 0 saturated carbocycles. The topological polar surface area (TPSA) is 111 Å². The third kappa shape index (κ3) is 8.78. The number of amides is 2. The predicted molar refractivity (Wildman–Crippen MR) is 184 cm³/mol. The maximum Gasteiger partial charge on any atom is 0.309 e. The van der Waals surface area contributed by atoms with E-state index in [0.717, 1.165) is 5.56 Å². The molecule has 0 aromatic heterocycles. The second kappa shape index (κ2) is 16.6. The minimum Gasteiger partial charge on any atom is -0.444 e. The predicted octanol–water partition coefficient (Wildman–Crippen LogP) is 5.77. The number of nitrogens with two attached hydrogens (primary N) is 1. The molecule has 4 aromatic rings. The molecule has 0 unspecified atom stereocenters.